The van der Waals surface area contributed by atoms with E-state index in [1.54, 1.807) is 6.08 Å². The summed E-state index contributed by atoms with van der Waals surface area (Å²) in [4.78, 5) is 23.2. The first kappa shape index (κ1) is 65.2. The number of allylic oxidation sites excluding steroid dienone is 1. The van der Waals surface area contributed by atoms with Gasteiger partial charge in [-0.2, -0.15) is 0 Å². The van der Waals surface area contributed by atoms with E-state index < -0.39 is 20.0 Å². The molecule has 1 unspecified atom stereocenters. The van der Waals surface area contributed by atoms with Gasteiger partial charge in [-0.3, -0.25) is 13.8 Å². The molecule has 0 saturated carbocycles. The Labute approximate surface area is 412 Å². The number of carbonyl (C=O) groups excluding carboxylic acids is 1. The summed E-state index contributed by atoms with van der Waals surface area (Å²) < 4.78 is 23.7. The number of carbonyl (C=O) groups is 1. The van der Waals surface area contributed by atoms with Gasteiger partial charge in [0.25, 0.3) is 0 Å². The Kier molecular flexibility index (Phi) is 48.7. The number of nitrogens with one attached hydrogen (secondary N) is 1. The van der Waals surface area contributed by atoms with Crippen LogP contribution < -0.4 is 5.32 Å². The minimum atomic E-state index is -4.34. The Bertz CT molecular complexity index is 1080. The van der Waals surface area contributed by atoms with Gasteiger partial charge in [0.15, 0.2) is 0 Å². The van der Waals surface area contributed by atoms with E-state index >= 15 is 0 Å². The fourth-order valence-corrected chi connectivity index (χ4v) is 9.66. The number of hydrogen-bond acceptors (Lipinski definition) is 5. The summed E-state index contributed by atoms with van der Waals surface area (Å²) in [6.07, 6.45) is 60.4. The van der Waals surface area contributed by atoms with Crippen LogP contribution in [0.4, 0.5) is 0 Å². The van der Waals surface area contributed by atoms with Gasteiger partial charge in [0.2, 0.25) is 5.91 Å². The van der Waals surface area contributed by atoms with Crippen molar-refractivity contribution in [3.8, 4) is 0 Å². The number of phosphoric acid groups is 1. The van der Waals surface area contributed by atoms with Crippen LogP contribution in [-0.2, 0) is 18.4 Å². The van der Waals surface area contributed by atoms with Crippen molar-refractivity contribution in [2.75, 3.05) is 40.9 Å². The van der Waals surface area contributed by atoms with E-state index in [4.69, 9.17) is 9.05 Å². The predicted octanol–water partition coefficient (Wildman–Crippen LogP) is 17.4. The first-order valence-corrected chi connectivity index (χ1v) is 30.6. The van der Waals surface area contributed by atoms with E-state index in [2.05, 4.69) is 19.2 Å². The van der Waals surface area contributed by atoms with Gasteiger partial charge in [0.1, 0.15) is 13.2 Å². The van der Waals surface area contributed by atoms with Crippen LogP contribution in [0.1, 0.15) is 296 Å². The highest BCUT2D eigenvalue weighted by molar-refractivity contribution is 7.47. The highest BCUT2D eigenvalue weighted by Crippen LogP contribution is 2.43. The van der Waals surface area contributed by atoms with Crippen molar-refractivity contribution in [2.45, 2.75) is 309 Å². The normalized spacial score (nSPS) is 14.0. The van der Waals surface area contributed by atoms with Gasteiger partial charge in [-0.15, -0.1) is 0 Å². The van der Waals surface area contributed by atoms with Crippen molar-refractivity contribution in [3.05, 3.63) is 12.2 Å². The minimum Gasteiger partial charge on any atom is -0.387 e. The molecule has 0 aliphatic carbocycles. The largest absolute Gasteiger partial charge is 0.472 e. The number of likely N-dealkylation sites (N-methyl/N-ethyl adjacent to an activating group) is 1. The molecule has 0 aromatic rings. The molecule has 0 aromatic heterocycles. The second-order valence-corrected chi connectivity index (χ2v) is 22.8. The monoisotopic (exact) mass is 956 g/mol. The molecule has 8 nitrogen and oxygen atoms in total. The maximum Gasteiger partial charge on any atom is 0.472 e. The number of hydrogen-bond donors (Lipinski definition) is 3. The van der Waals surface area contributed by atoms with Crippen LogP contribution in [0.3, 0.4) is 0 Å². The SMILES string of the molecule is CCCCCCCCCCCCC/C=C/[C@@H](O)[C@H](COP(=O)(O)OCC[N+](C)(C)C)NC(=O)CCCCCCCCCCCCCCCCCCCCCCCCCCCCCCCCC. The third-order valence-corrected chi connectivity index (χ3v) is 14.5. The number of amides is 1. The van der Waals surface area contributed by atoms with E-state index in [0.29, 0.717) is 17.4 Å². The first-order chi connectivity index (χ1) is 32.0. The molecule has 0 aliphatic heterocycles. The van der Waals surface area contributed by atoms with Gasteiger partial charge in [-0.1, -0.05) is 283 Å². The molecular formula is C57H116N2O6P+. The summed E-state index contributed by atoms with van der Waals surface area (Å²) in [5.41, 5.74) is 0. The molecule has 0 fully saturated rings. The summed E-state index contributed by atoms with van der Waals surface area (Å²) >= 11 is 0. The molecule has 0 heterocycles. The number of quaternary nitrogens is 1. The standard InChI is InChI=1S/C57H115N2O6P/c1-6-8-10-12-14-16-18-20-21-22-23-24-25-26-27-28-29-30-31-32-33-34-35-36-37-39-41-43-45-47-49-51-57(61)58-55(54-65-66(62,63)64-53-52-59(3,4)5)56(60)50-48-46-44-42-40-38-19-17-15-13-11-9-7-2/h48,50,55-56,60H,6-47,49,51-54H2,1-5H3,(H-,58,61,62,63)/p+1/b50-48+/t55-,56+/m0/s1. The highest BCUT2D eigenvalue weighted by atomic mass is 31.2. The fraction of sp³-hybridized carbons (Fsp3) is 0.947. The summed E-state index contributed by atoms with van der Waals surface area (Å²) in [6.45, 7) is 4.85. The van der Waals surface area contributed by atoms with Crippen LogP contribution in [-0.4, -0.2) is 73.4 Å². The molecule has 1 amide bonds. The van der Waals surface area contributed by atoms with Crippen LogP contribution in [0, 0.1) is 0 Å². The molecule has 0 spiro atoms. The molecule has 66 heavy (non-hydrogen) atoms. The molecule has 0 bridgehead atoms. The number of unbranched alkanes of at least 4 members (excludes halogenated alkanes) is 41. The lowest BCUT2D eigenvalue weighted by atomic mass is 10.0. The molecule has 0 saturated heterocycles. The molecule has 394 valence electrons. The summed E-state index contributed by atoms with van der Waals surface area (Å²) in [5, 5.41) is 13.9. The Balaban J connectivity index is 3.99. The number of aliphatic hydroxyl groups excluding tert-OH is 1. The lowest BCUT2D eigenvalue weighted by Crippen LogP contribution is -2.45. The molecule has 0 radical (unpaired) electrons. The van der Waals surface area contributed by atoms with Crippen molar-refractivity contribution in [1.82, 2.24) is 5.32 Å². The Morgan fingerprint density at radius 1 is 0.500 bits per heavy atom. The van der Waals surface area contributed by atoms with Crippen molar-refractivity contribution in [3.63, 3.8) is 0 Å². The molecule has 9 heteroatoms. The topological polar surface area (TPSA) is 105 Å². The average molecular weight is 957 g/mol. The summed E-state index contributed by atoms with van der Waals surface area (Å²) in [7, 11) is 1.59. The van der Waals surface area contributed by atoms with Crippen LogP contribution in [0.5, 0.6) is 0 Å². The highest BCUT2D eigenvalue weighted by Gasteiger charge is 2.27. The average Bonchev–Trinajstić information content (AvgIpc) is 3.28. The number of rotatable bonds is 54. The predicted molar refractivity (Wildman–Crippen MR) is 286 cm³/mol. The maximum absolute atomic E-state index is 12.9. The lowest BCUT2D eigenvalue weighted by Gasteiger charge is -2.25. The fourth-order valence-electron chi connectivity index (χ4n) is 8.93. The molecule has 3 N–H and O–H groups in total. The van der Waals surface area contributed by atoms with Crippen molar-refractivity contribution in [1.29, 1.82) is 0 Å². The van der Waals surface area contributed by atoms with Crippen LogP contribution in [0.15, 0.2) is 12.2 Å². The third kappa shape index (κ3) is 51.1. The van der Waals surface area contributed by atoms with E-state index in [9.17, 15) is 19.4 Å². The number of nitrogens with zero attached hydrogens (tertiary/aromatic N) is 1. The van der Waals surface area contributed by atoms with E-state index in [1.807, 2.05) is 27.2 Å². The Hall–Kier alpha value is -0.760. The van der Waals surface area contributed by atoms with Gasteiger partial charge in [0, 0.05) is 6.42 Å². The van der Waals surface area contributed by atoms with E-state index in [-0.39, 0.29) is 19.1 Å². The van der Waals surface area contributed by atoms with Gasteiger partial charge >= 0.3 is 7.82 Å². The zero-order valence-corrected chi connectivity index (χ0v) is 45.9. The van der Waals surface area contributed by atoms with Crippen molar-refractivity contribution < 1.29 is 32.9 Å². The molecular weight excluding hydrogens is 840 g/mol. The van der Waals surface area contributed by atoms with Crippen LogP contribution >= 0.6 is 7.82 Å². The molecule has 0 aromatic carbocycles. The molecule has 3 atom stereocenters. The van der Waals surface area contributed by atoms with Crippen molar-refractivity contribution in [2.24, 2.45) is 0 Å². The maximum atomic E-state index is 12.9. The number of aliphatic hydroxyl groups is 1. The first-order valence-electron chi connectivity index (χ1n) is 29.1. The van der Waals surface area contributed by atoms with E-state index in [1.165, 1.54) is 238 Å². The van der Waals surface area contributed by atoms with Gasteiger partial charge in [-0.25, -0.2) is 4.57 Å². The zero-order valence-electron chi connectivity index (χ0n) is 45.0. The molecule has 0 rings (SSSR count). The van der Waals surface area contributed by atoms with Gasteiger partial charge < -0.3 is 19.8 Å². The van der Waals surface area contributed by atoms with Gasteiger partial charge in [0.05, 0.1) is 39.9 Å². The Morgan fingerprint density at radius 2 is 0.803 bits per heavy atom. The second-order valence-electron chi connectivity index (χ2n) is 21.4. The molecule has 0 aliphatic rings. The quantitative estimate of drug-likeness (QED) is 0.0243. The van der Waals surface area contributed by atoms with Gasteiger partial charge in [-0.05, 0) is 19.3 Å². The third-order valence-electron chi connectivity index (χ3n) is 13.5. The smallest absolute Gasteiger partial charge is 0.387 e. The number of phosphoric ester groups is 1. The summed E-state index contributed by atoms with van der Waals surface area (Å²) in [6, 6.07) is -0.841. The zero-order chi connectivity index (χ0) is 48.5. The lowest BCUT2D eigenvalue weighted by molar-refractivity contribution is -0.870. The second kappa shape index (κ2) is 49.2. The minimum absolute atomic E-state index is 0.0649. The van der Waals surface area contributed by atoms with E-state index in [0.717, 1.165) is 38.5 Å². The van der Waals surface area contributed by atoms with Crippen LogP contribution in [0.25, 0.3) is 0 Å². The van der Waals surface area contributed by atoms with Crippen molar-refractivity contribution >= 4 is 13.7 Å². The Morgan fingerprint density at radius 3 is 1.12 bits per heavy atom. The van der Waals surface area contributed by atoms with Crippen LogP contribution in [0.2, 0.25) is 0 Å². The summed E-state index contributed by atoms with van der Waals surface area (Å²) in [5.74, 6) is -0.171.